The molecule has 0 saturated carbocycles. The van der Waals surface area contributed by atoms with E-state index in [1.54, 1.807) is 12.1 Å². The molecule has 0 atom stereocenters. The van der Waals surface area contributed by atoms with Crippen molar-refractivity contribution in [2.24, 2.45) is 5.41 Å². The Hall–Kier alpha value is -2.15. The van der Waals surface area contributed by atoms with Gasteiger partial charge in [0.15, 0.2) is 5.78 Å². The summed E-state index contributed by atoms with van der Waals surface area (Å²) in [5, 5.41) is 8.64. The van der Waals surface area contributed by atoms with E-state index in [-0.39, 0.29) is 5.78 Å². The van der Waals surface area contributed by atoms with Gasteiger partial charge in [0.05, 0.1) is 18.7 Å². The molecule has 0 unspecified atom stereocenters. The summed E-state index contributed by atoms with van der Waals surface area (Å²) in [7, 11) is 1.25. The number of benzene rings is 1. The van der Waals surface area contributed by atoms with Crippen LogP contribution in [0, 0.1) is 16.7 Å². The number of ketones is 1. The van der Waals surface area contributed by atoms with E-state index in [0.29, 0.717) is 11.1 Å². The Morgan fingerprint density at radius 1 is 1.24 bits per heavy atom. The molecule has 88 valence electrons. The van der Waals surface area contributed by atoms with Crippen molar-refractivity contribution < 1.29 is 14.3 Å². The lowest BCUT2D eigenvalue weighted by Crippen LogP contribution is -2.34. The summed E-state index contributed by atoms with van der Waals surface area (Å²) in [4.78, 5) is 23.6. The Labute approximate surface area is 99.8 Å². The molecule has 0 saturated heterocycles. The summed E-state index contributed by atoms with van der Waals surface area (Å²) in [6.45, 7) is 3.03. The van der Waals surface area contributed by atoms with E-state index in [2.05, 4.69) is 4.74 Å². The van der Waals surface area contributed by atoms with Crippen LogP contribution in [0.4, 0.5) is 0 Å². The number of rotatable bonds is 3. The monoisotopic (exact) mass is 231 g/mol. The summed E-state index contributed by atoms with van der Waals surface area (Å²) < 4.78 is 4.59. The van der Waals surface area contributed by atoms with Crippen LogP contribution in [0.15, 0.2) is 24.3 Å². The van der Waals surface area contributed by atoms with Crippen molar-refractivity contribution in [3.63, 3.8) is 0 Å². The predicted octanol–water partition coefficient (Wildman–Crippen LogP) is 1.94. The molecule has 1 aromatic rings. The molecular formula is C13H13NO3. The van der Waals surface area contributed by atoms with Crippen molar-refractivity contribution in [2.75, 3.05) is 7.11 Å². The largest absolute Gasteiger partial charge is 0.468 e. The molecule has 0 heterocycles. The second kappa shape index (κ2) is 4.79. The highest BCUT2D eigenvalue weighted by molar-refractivity contribution is 6.11. The molecule has 0 aliphatic carbocycles. The molecule has 1 aromatic carbocycles. The number of nitriles is 1. The van der Waals surface area contributed by atoms with Crippen molar-refractivity contribution in [2.45, 2.75) is 13.8 Å². The Morgan fingerprint density at radius 2 is 1.76 bits per heavy atom. The van der Waals surface area contributed by atoms with Crippen LogP contribution in [-0.2, 0) is 9.53 Å². The fraction of sp³-hybridized carbons (Fsp3) is 0.308. The maximum absolute atomic E-state index is 12.1. The fourth-order valence-corrected chi connectivity index (χ4v) is 1.40. The standard InChI is InChI=1S/C13H13NO3/c1-13(2,12(16)17-3)11(15)10-6-4-9(8-14)5-7-10/h4-7H,1-3H3. The highest BCUT2D eigenvalue weighted by Crippen LogP contribution is 2.23. The molecule has 0 fully saturated rings. The van der Waals surface area contributed by atoms with Gasteiger partial charge in [0, 0.05) is 5.56 Å². The van der Waals surface area contributed by atoms with E-state index in [1.807, 2.05) is 6.07 Å². The van der Waals surface area contributed by atoms with Gasteiger partial charge < -0.3 is 4.74 Å². The summed E-state index contributed by atoms with van der Waals surface area (Å²) >= 11 is 0. The molecule has 0 spiro atoms. The first-order valence-electron chi connectivity index (χ1n) is 5.07. The van der Waals surface area contributed by atoms with Gasteiger partial charge in [0.1, 0.15) is 5.41 Å². The number of nitrogens with zero attached hydrogens (tertiary/aromatic N) is 1. The molecule has 0 N–H and O–H groups in total. The Balaban J connectivity index is 3.04. The van der Waals surface area contributed by atoms with E-state index in [9.17, 15) is 9.59 Å². The molecule has 0 bridgehead atoms. The number of hydrogen-bond acceptors (Lipinski definition) is 4. The topological polar surface area (TPSA) is 67.2 Å². The number of Topliss-reactive ketones (excluding diaryl/α,β-unsaturated/α-hetero) is 1. The lowest BCUT2D eigenvalue weighted by atomic mass is 9.84. The first-order chi connectivity index (χ1) is 7.93. The summed E-state index contributed by atoms with van der Waals surface area (Å²) in [6.07, 6.45) is 0. The summed E-state index contributed by atoms with van der Waals surface area (Å²) in [5.74, 6) is -0.902. The fourth-order valence-electron chi connectivity index (χ4n) is 1.40. The van der Waals surface area contributed by atoms with Crippen LogP contribution < -0.4 is 0 Å². The van der Waals surface area contributed by atoms with Crippen molar-refractivity contribution in [3.8, 4) is 6.07 Å². The van der Waals surface area contributed by atoms with Gasteiger partial charge in [0.2, 0.25) is 0 Å². The smallest absolute Gasteiger partial charge is 0.319 e. The number of esters is 1. The number of carbonyl (C=O) groups excluding carboxylic acids is 2. The van der Waals surface area contributed by atoms with Gasteiger partial charge in [-0.15, -0.1) is 0 Å². The second-order valence-electron chi connectivity index (χ2n) is 4.13. The Morgan fingerprint density at radius 3 is 2.18 bits per heavy atom. The normalized spacial score (nSPS) is 10.5. The first-order valence-corrected chi connectivity index (χ1v) is 5.07. The maximum atomic E-state index is 12.1. The van der Waals surface area contributed by atoms with Crippen LogP contribution in [0.25, 0.3) is 0 Å². The Kier molecular flexibility index (Phi) is 3.64. The average Bonchev–Trinajstić information content (AvgIpc) is 2.36. The zero-order chi connectivity index (χ0) is 13.1. The number of methoxy groups -OCH3 is 1. The molecule has 0 aliphatic heterocycles. The van der Waals surface area contributed by atoms with Crippen molar-refractivity contribution >= 4 is 11.8 Å². The lowest BCUT2D eigenvalue weighted by molar-refractivity contribution is -0.147. The van der Waals surface area contributed by atoms with Crippen molar-refractivity contribution in [3.05, 3.63) is 35.4 Å². The van der Waals surface area contributed by atoms with Crippen LogP contribution in [0.2, 0.25) is 0 Å². The van der Waals surface area contributed by atoms with Crippen molar-refractivity contribution in [1.29, 1.82) is 5.26 Å². The van der Waals surface area contributed by atoms with Crippen LogP contribution in [0.5, 0.6) is 0 Å². The minimum Gasteiger partial charge on any atom is -0.468 e. The van der Waals surface area contributed by atoms with Gasteiger partial charge in [-0.05, 0) is 26.0 Å². The van der Waals surface area contributed by atoms with Gasteiger partial charge >= 0.3 is 5.97 Å². The van der Waals surface area contributed by atoms with Crippen LogP contribution in [-0.4, -0.2) is 18.9 Å². The lowest BCUT2D eigenvalue weighted by Gasteiger charge is -2.19. The summed E-state index contributed by atoms with van der Waals surface area (Å²) in [6, 6.07) is 8.11. The van der Waals surface area contributed by atoms with Crippen LogP contribution in [0.1, 0.15) is 29.8 Å². The molecule has 0 aromatic heterocycles. The molecular weight excluding hydrogens is 218 g/mol. The van der Waals surface area contributed by atoms with Crippen molar-refractivity contribution in [1.82, 2.24) is 0 Å². The molecule has 17 heavy (non-hydrogen) atoms. The molecule has 1 rings (SSSR count). The number of hydrogen-bond donors (Lipinski definition) is 0. The minimum absolute atomic E-state index is 0.325. The highest BCUT2D eigenvalue weighted by atomic mass is 16.5. The van der Waals surface area contributed by atoms with Gasteiger partial charge in [-0.1, -0.05) is 12.1 Å². The van der Waals surface area contributed by atoms with Gasteiger partial charge in [0.25, 0.3) is 0 Å². The highest BCUT2D eigenvalue weighted by Gasteiger charge is 2.37. The minimum atomic E-state index is -1.22. The SMILES string of the molecule is COC(=O)C(C)(C)C(=O)c1ccc(C#N)cc1. The molecule has 4 heteroatoms. The Bertz CT molecular complexity index is 480. The predicted molar refractivity (Wildman–Crippen MR) is 61.3 cm³/mol. The number of ether oxygens (including phenoxy) is 1. The quantitative estimate of drug-likeness (QED) is 0.453. The third kappa shape index (κ3) is 2.51. The zero-order valence-electron chi connectivity index (χ0n) is 9.98. The first kappa shape index (κ1) is 12.9. The van der Waals surface area contributed by atoms with Gasteiger partial charge in [-0.25, -0.2) is 0 Å². The van der Waals surface area contributed by atoms with E-state index < -0.39 is 11.4 Å². The average molecular weight is 231 g/mol. The van der Waals surface area contributed by atoms with Gasteiger partial charge in [-0.3, -0.25) is 9.59 Å². The maximum Gasteiger partial charge on any atom is 0.319 e. The molecule has 0 aliphatic rings. The van der Waals surface area contributed by atoms with E-state index in [0.717, 1.165) is 0 Å². The summed E-state index contributed by atoms with van der Waals surface area (Å²) in [5.41, 5.74) is -0.361. The van der Waals surface area contributed by atoms with E-state index in [1.165, 1.54) is 33.1 Å². The van der Waals surface area contributed by atoms with Crippen LogP contribution in [0.3, 0.4) is 0 Å². The van der Waals surface area contributed by atoms with E-state index >= 15 is 0 Å². The van der Waals surface area contributed by atoms with Gasteiger partial charge in [-0.2, -0.15) is 5.26 Å². The van der Waals surface area contributed by atoms with Crippen LogP contribution >= 0.6 is 0 Å². The zero-order valence-corrected chi connectivity index (χ0v) is 9.98. The number of carbonyl (C=O) groups is 2. The third-order valence-electron chi connectivity index (χ3n) is 2.54. The molecule has 0 radical (unpaired) electrons. The third-order valence-corrected chi connectivity index (χ3v) is 2.54. The second-order valence-corrected chi connectivity index (χ2v) is 4.13. The molecule has 0 amide bonds. The molecule has 4 nitrogen and oxygen atoms in total. The van der Waals surface area contributed by atoms with E-state index in [4.69, 9.17) is 5.26 Å².